The van der Waals surface area contributed by atoms with Crippen LogP contribution in [-0.4, -0.2) is 17.2 Å². The first-order valence-electron chi connectivity index (χ1n) is 6.11. The van der Waals surface area contributed by atoms with Crippen LogP contribution in [0.4, 0.5) is 5.69 Å². The van der Waals surface area contributed by atoms with Gasteiger partial charge in [0.2, 0.25) is 0 Å². The van der Waals surface area contributed by atoms with Gasteiger partial charge in [-0.05, 0) is 52.3 Å². The summed E-state index contributed by atoms with van der Waals surface area (Å²) in [5.41, 5.74) is 0.677. The zero-order valence-corrected chi connectivity index (χ0v) is 12.7. The molecule has 100 valence electrons. The Kier molecular flexibility index (Phi) is 3.56. The maximum absolute atomic E-state index is 6.05. The Morgan fingerprint density at radius 2 is 1.83 bits per heavy atom. The molecule has 0 saturated carbocycles. The van der Waals surface area contributed by atoms with Crippen LogP contribution < -0.4 is 5.32 Å². The maximum atomic E-state index is 6.05. The third kappa shape index (κ3) is 2.93. The Hall–Kier alpha value is -0.440. The van der Waals surface area contributed by atoms with Crippen molar-refractivity contribution in [2.24, 2.45) is 0 Å². The average Bonchev–Trinajstić information content (AvgIpc) is 2.40. The molecule has 0 spiro atoms. The molecular weight excluding hydrogens is 269 g/mol. The lowest BCUT2D eigenvalue weighted by Gasteiger charge is -2.28. The van der Waals surface area contributed by atoms with E-state index in [0.29, 0.717) is 10.0 Å². The average molecular weight is 288 g/mol. The number of hydrogen-bond donors (Lipinski definition) is 1. The quantitative estimate of drug-likeness (QED) is 0.847. The molecule has 0 aromatic heterocycles. The molecule has 1 aromatic carbocycles. The molecule has 1 aliphatic rings. The Morgan fingerprint density at radius 3 is 2.33 bits per heavy atom. The van der Waals surface area contributed by atoms with Crippen molar-refractivity contribution >= 4 is 28.9 Å². The smallest absolute Gasteiger partial charge is 0.0834 e. The standard InChI is InChI=1S/C14H19Cl2NO/c1-13(2)8-12(14(3,4)18-13)17-9-5-6-10(15)11(16)7-9/h5-7,12,17H,8H2,1-4H3. The molecule has 4 heteroatoms. The van der Waals surface area contributed by atoms with E-state index >= 15 is 0 Å². The van der Waals surface area contributed by atoms with E-state index in [-0.39, 0.29) is 17.2 Å². The molecule has 1 aliphatic heterocycles. The van der Waals surface area contributed by atoms with Crippen LogP contribution in [0.5, 0.6) is 0 Å². The Labute approximate surface area is 119 Å². The van der Waals surface area contributed by atoms with Crippen molar-refractivity contribution in [2.75, 3.05) is 5.32 Å². The molecule has 2 nitrogen and oxygen atoms in total. The van der Waals surface area contributed by atoms with Crippen molar-refractivity contribution in [2.45, 2.75) is 51.4 Å². The predicted octanol–water partition coefficient (Wildman–Crippen LogP) is 4.75. The van der Waals surface area contributed by atoms with Crippen molar-refractivity contribution in [1.82, 2.24) is 0 Å². The van der Waals surface area contributed by atoms with Gasteiger partial charge < -0.3 is 10.1 Å². The number of rotatable bonds is 2. The lowest BCUT2D eigenvalue weighted by molar-refractivity contribution is -0.0662. The summed E-state index contributed by atoms with van der Waals surface area (Å²) in [6.45, 7) is 8.45. The van der Waals surface area contributed by atoms with E-state index in [0.717, 1.165) is 12.1 Å². The molecule has 1 heterocycles. The highest BCUT2D eigenvalue weighted by Crippen LogP contribution is 2.39. The van der Waals surface area contributed by atoms with E-state index in [1.54, 1.807) is 6.07 Å². The normalized spacial score (nSPS) is 25.1. The van der Waals surface area contributed by atoms with Gasteiger partial charge >= 0.3 is 0 Å². The molecule has 0 radical (unpaired) electrons. The van der Waals surface area contributed by atoms with E-state index in [1.807, 2.05) is 12.1 Å². The van der Waals surface area contributed by atoms with Gasteiger partial charge in [-0.25, -0.2) is 0 Å². The molecule has 1 atom stereocenters. The number of nitrogens with one attached hydrogen (secondary N) is 1. The van der Waals surface area contributed by atoms with Crippen LogP contribution in [0.15, 0.2) is 18.2 Å². The largest absolute Gasteiger partial charge is 0.379 e. The first-order valence-corrected chi connectivity index (χ1v) is 6.87. The second-order valence-electron chi connectivity index (χ2n) is 6.00. The molecule has 18 heavy (non-hydrogen) atoms. The molecule has 0 aliphatic carbocycles. The van der Waals surface area contributed by atoms with Crippen LogP contribution in [0, 0.1) is 0 Å². The first kappa shape index (κ1) is 14.0. The number of halogens is 2. The summed E-state index contributed by atoms with van der Waals surface area (Å²) in [4.78, 5) is 0. The highest BCUT2D eigenvalue weighted by molar-refractivity contribution is 6.42. The lowest BCUT2D eigenvalue weighted by Crippen LogP contribution is -2.38. The van der Waals surface area contributed by atoms with Gasteiger partial charge in [-0.3, -0.25) is 0 Å². The summed E-state index contributed by atoms with van der Waals surface area (Å²) in [6, 6.07) is 5.85. The van der Waals surface area contributed by atoms with Crippen LogP contribution in [-0.2, 0) is 4.74 Å². The molecular formula is C14H19Cl2NO. The van der Waals surface area contributed by atoms with Crippen LogP contribution in [0.1, 0.15) is 34.1 Å². The number of hydrogen-bond acceptors (Lipinski definition) is 2. The van der Waals surface area contributed by atoms with Gasteiger partial charge in [0.1, 0.15) is 0 Å². The van der Waals surface area contributed by atoms with E-state index in [1.165, 1.54) is 0 Å². The lowest BCUT2D eigenvalue weighted by atomic mass is 9.94. The minimum atomic E-state index is -0.199. The van der Waals surface area contributed by atoms with E-state index in [4.69, 9.17) is 27.9 Å². The molecule has 1 N–H and O–H groups in total. The molecule has 0 bridgehead atoms. The van der Waals surface area contributed by atoms with Crippen molar-refractivity contribution in [3.05, 3.63) is 28.2 Å². The van der Waals surface area contributed by atoms with Gasteiger partial charge in [0, 0.05) is 5.69 Å². The van der Waals surface area contributed by atoms with E-state index in [9.17, 15) is 0 Å². The molecule has 2 rings (SSSR count). The van der Waals surface area contributed by atoms with Gasteiger partial charge in [-0.1, -0.05) is 23.2 Å². The molecule has 0 amide bonds. The highest BCUT2D eigenvalue weighted by Gasteiger charge is 2.45. The summed E-state index contributed by atoms with van der Waals surface area (Å²) in [5.74, 6) is 0. The van der Waals surface area contributed by atoms with Crippen LogP contribution >= 0.6 is 23.2 Å². The minimum absolute atomic E-state index is 0.0998. The van der Waals surface area contributed by atoms with Gasteiger partial charge in [-0.15, -0.1) is 0 Å². The first-order chi connectivity index (χ1) is 8.20. The topological polar surface area (TPSA) is 21.3 Å². The van der Waals surface area contributed by atoms with Crippen LogP contribution in [0.2, 0.25) is 10.0 Å². The summed E-state index contributed by atoms with van der Waals surface area (Å²) in [5, 5.41) is 4.63. The fourth-order valence-electron chi connectivity index (χ4n) is 2.57. The number of benzene rings is 1. The molecule has 1 fully saturated rings. The Bertz CT molecular complexity index is 457. The fourth-order valence-corrected chi connectivity index (χ4v) is 2.87. The summed E-state index contributed by atoms with van der Waals surface area (Å²) in [6.07, 6.45) is 0.959. The van der Waals surface area contributed by atoms with Gasteiger partial charge in [0.25, 0.3) is 0 Å². The Balaban J connectivity index is 2.16. The summed E-state index contributed by atoms with van der Waals surface area (Å²) < 4.78 is 6.05. The third-order valence-electron chi connectivity index (χ3n) is 3.33. The van der Waals surface area contributed by atoms with Crippen molar-refractivity contribution < 1.29 is 4.74 Å². The second kappa shape index (κ2) is 4.59. The zero-order chi connectivity index (χ0) is 13.6. The van der Waals surface area contributed by atoms with Crippen LogP contribution in [0.3, 0.4) is 0 Å². The molecule has 1 unspecified atom stereocenters. The van der Waals surface area contributed by atoms with Crippen molar-refractivity contribution in [1.29, 1.82) is 0 Å². The van der Waals surface area contributed by atoms with Crippen molar-refractivity contribution in [3.8, 4) is 0 Å². The SMILES string of the molecule is CC1(C)CC(Nc2ccc(Cl)c(Cl)c2)C(C)(C)O1. The summed E-state index contributed by atoms with van der Waals surface area (Å²) in [7, 11) is 0. The van der Waals surface area contributed by atoms with E-state index < -0.39 is 0 Å². The van der Waals surface area contributed by atoms with Crippen molar-refractivity contribution in [3.63, 3.8) is 0 Å². The van der Waals surface area contributed by atoms with E-state index in [2.05, 4.69) is 33.0 Å². The monoisotopic (exact) mass is 287 g/mol. The third-order valence-corrected chi connectivity index (χ3v) is 4.07. The molecule has 1 aromatic rings. The van der Waals surface area contributed by atoms with Crippen LogP contribution in [0.25, 0.3) is 0 Å². The maximum Gasteiger partial charge on any atom is 0.0834 e. The molecule has 1 saturated heterocycles. The van der Waals surface area contributed by atoms with Gasteiger partial charge in [-0.2, -0.15) is 0 Å². The predicted molar refractivity (Wildman–Crippen MR) is 77.7 cm³/mol. The summed E-state index contributed by atoms with van der Waals surface area (Å²) >= 11 is 11.9. The number of ether oxygens (including phenoxy) is 1. The zero-order valence-electron chi connectivity index (χ0n) is 11.2. The number of anilines is 1. The Morgan fingerprint density at radius 1 is 1.17 bits per heavy atom. The highest BCUT2D eigenvalue weighted by atomic mass is 35.5. The van der Waals surface area contributed by atoms with Gasteiger partial charge in [0.15, 0.2) is 0 Å². The fraction of sp³-hybridized carbons (Fsp3) is 0.571. The second-order valence-corrected chi connectivity index (χ2v) is 6.81. The van der Waals surface area contributed by atoms with Gasteiger partial charge in [0.05, 0.1) is 27.3 Å². The minimum Gasteiger partial charge on any atom is -0.379 e.